The molecule has 3 nitrogen and oxygen atoms in total. The molecule has 1 fully saturated rings. The molecule has 32 heavy (non-hydrogen) atoms. The van der Waals surface area contributed by atoms with Gasteiger partial charge in [-0.3, -0.25) is 10.2 Å². The lowest BCUT2D eigenvalue weighted by Gasteiger charge is -2.10. The zero-order valence-corrected chi connectivity index (χ0v) is 17.5. The number of ether oxygens (including phenoxy) is 1. The van der Waals surface area contributed by atoms with Gasteiger partial charge in [0, 0.05) is 0 Å². The summed E-state index contributed by atoms with van der Waals surface area (Å²) in [6, 6.07) is 16.4. The maximum absolute atomic E-state index is 13.1. The van der Waals surface area contributed by atoms with Crippen molar-refractivity contribution in [1.82, 2.24) is 0 Å². The molecule has 0 saturated carbocycles. The molecule has 0 aromatic heterocycles. The number of alkyl halides is 3. The van der Waals surface area contributed by atoms with Crippen molar-refractivity contribution in [1.29, 1.82) is 5.41 Å². The van der Waals surface area contributed by atoms with Gasteiger partial charge < -0.3 is 4.74 Å². The molecule has 1 N–H and O–H groups in total. The monoisotopic (exact) mass is 437 g/mol. The van der Waals surface area contributed by atoms with Gasteiger partial charge in [-0.2, -0.15) is 13.2 Å². The summed E-state index contributed by atoms with van der Waals surface area (Å²) < 4.78 is 44.8. The molecule has 0 bridgehead atoms. The van der Waals surface area contributed by atoms with Crippen LogP contribution in [0.4, 0.5) is 13.2 Å². The number of nitrogens with one attached hydrogen (secondary N) is 1. The lowest BCUT2D eigenvalue weighted by atomic mass is 9.93. The number of aryl methyl sites for hydroxylation is 1. The van der Waals surface area contributed by atoms with Gasteiger partial charge in [0.2, 0.25) is 11.7 Å². The molecule has 0 amide bonds. The molecule has 0 spiro atoms. The Morgan fingerprint density at radius 1 is 1.06 bits per heavy atom. The standard InChI is InChI=1S/C26H22F3NO2/c1-2-3-7-16-12-17-8-4-5-11-21(17)19(13-16)15-22-24(31)23(25(30)32-22)18-9-6-10-20(14-18)26(27,28)29/h4-6,8-15,23,30H,2-3,7H2,1H3. The van der Waals surface area contributed by atoms with E-state index in [-0.39, 0.29) is 17.2 Å². The van der Waals surface area contributed by atoms with Gasteiger partial charge in [-0.25, -0.2) is 0 Å². The van der Waals surface area contributed by atoms with E-state index in [4.69, 9.17) is 10.1 Å². The van der Waals surface area contributed by atoms with Crippen LogP contribution in [-0.4, -0.2) is 11.7 Å². The summed E-state index contributed by atoms with van der Waals surface area (Å²) in [5.74, 6) is -2.10. The average molecular weight is 437 g/mol. The van der Waals surface area contributed by atoms with Crippen LogP contribution < -0.4 is 0 Å². The molecular weight excluding hydrogens is 415 g/mol. The summed E-state index contributed by atoms with van der Waals surface area (Å²) in [5.41, 5.74) is 1.16. The molecule has 6 heteroatoms. The average Bonchev–Trinajstić information content (AvgIpc) is 3.04. The third-order valence-electron chi connectivity index (χ3n) is 5.59. The number of carbonyl (C=O) groups excluding carboxylic acids is 1. The van der Waals surface area contributed by atoms with E-state index in [0.29, 0.717) is 0 Å². The normalized spacial score (nSPS) is 17.9. The Bertz CT molecular complexity index is 1230. The molecule has 1 saturated heterocycles. The van der Waals surface area contributed by atoms with Crippen molar-refractivity contribution in [3.63, 3.8) is 0 Å². The Morgan fingerprint density at radius 2 is 1.84 bits per heavy atom. The topological polar surface area (TPSA) is 50.1 Å². The smallest absolute Gasteiger partial charge is 0.416 e. The number of rotatable bonds is 5. The Labute approximate surface area is 184 Å². The molecule has 3 aromatic carbocycles. The van der Waals surface area contributed by atoms with Crippen molar-refractivity contribution >= 4 is 28.5 Å². The summed E-state index contributed by atoms with van der Waals surface area (Å²) >= 11 is 0. The van der Waals surface area contributed by atoms with Gasteiger partial charge in [0.25, 0.3) is 0 Å². The first-order valence-corrected chi connectivity index (χ1v) is 10.5. The van der Waals surface area contributed by atoms with Crippen molar-refractivity contribution < 1.29 is 22.7 Å². The SMILES string of the molecule is CCCCc1cc(C=C2OC(=N)C(c3cccc(C(F)(F)F)c3)C2=O)c2ccccc2c1. The van der Waals surface area contributed by atoms with Crippen molar-refractivity contribution in [2.45, 2.75) is 38.3 Å². The molecule has 1 aliphatic rings. The number of benzene rings is 3. The van der Waals surface area contributed by atoms with E-state index in [0.717, 1.165) is 53.3 Å². The second kappa shape index (κ2) is 8.61. The van der Waals surface area contributed by atoms with Gasteiger partial charge in [-0.1, -0.05) is 67.9 Å². The predicted octanol–water partition coefficient (Wildman–Crippen LogP) is 6.90. The minimum Gasteiger partial charge on any atom is -0.439 e. The van der Waals surface area contributed by atoms with Crippen molar-refractivity contribution in [3.8, 4) is 0 Å². The number of unbranched alkanes of at least 4 members (excludes halogenated alkanes) is 1. The minimum absolute atomic E-state index is 0.0322. The van der Waals surface area contributed by atoms with E-state index < -0.39 is 23.4 Å². The molecule has 1 heterocycles. The summed E-state index contributed by atoms with van der Waals surface area (Å²) in [6.07, 6.45) is 0.0567. The van der Waals surface area contributed by atoms with Gasteiger partial charge >= 0.3 is 6.18 Å². The predicted molar refractivity (Wildman–Crippen MR) is 119 cm³/mol. The lowest BCUT2D eigenvalue weighted by Crippen LogP contribution is -2.14. The molecule has 0 aliphatic carbocycles. The highest BCUT2D eigenvalue weighted by molar-refractivity contribution is 6.20. The quantitative estimate of drug-likeness (QED) is 0.441. The molecular formula is C26H22F3NO2. The van der Waals surface area contributed by atoms with Gasteiger partial charge in [-0.05, 0) is 52.4 Å². The van der Waals surface area contributed by atoms with Crippen LogP contribution in [0.5, 0.6) is 0 Å². The van der Waals surface area contributed by atoms with E-state index in [1.807, 2.05) is 30.3 Å². The number of ketones is 1. The van der Waals surface area contributed by atoms with Crippen LogP contribution >= 0.6 is 0 Å². The molecule has 3 aromatic rings. The number of allylic oxidation sites excluding steroid dienone is 1. The largest absolute Gasteiger partial charge is 0.439 e. The summed E-state index contributed by atoms with van der Waals surface area (Å²) in [4.78, 5) is 13.1. The molecule has 0 radical (unpaired) electrons. The van der Waals surface area contributed by atoms with Gasteiger partial charge in [0.15, 0.2) is 5.76 Å². The van der Waals surface area contributed by atoms with E-state index in [1.54, 1.807) is 6.08 Å². The number of carbonyl (C=O) groups is 1. The zero-order valence-electron chi connectivity index (χ0n) is 17.5. The van der Waals surface area contributed by atoms with E-state index >= 15 is 0 Å². The highest BCUT2D eigenvalue weighted by atomic mass is 19.4. The zero-order chi connectivity index (χ0) is 22.9. The number of fused-ring (bicyclic) bond motifs is 1. The van der Waals surface area contributed by atoms with Crippen LogP contribution in [-0.2, 0) is 22.1 Å². The van der Waals surface area contributed by atoms with Crippen molar-refractivity contribution in [2.24, 2.45) is 0 Å². The summed E-state index contributed by atoms with van der Waals surface area (Å²) in [7, 11) is 0. The third-order valence-corrected chi connectivity index (χ3v) is 5.59. The van der Waals surface area contributed by atoms with Crippen LogP contribution in [0.15, 0.2) is 66.4 Å². The molecule has 1 unspecified atom stereocenters. The Morgan fingerprint density at radius 3 is 2.59 bits per heavy atom. The highest BCUT2D eigenvalue weighted by Gasteiger charge is 2.40. The van der Waals surface area contributed by atoms with Gasteiger partial charge in [0.1, 0.15) is 5.92 Å². The van der Waals surface area contributed by atoms with Crippen LogP contribution in [0.3, 0.4) is 0 Å². The lowest BCUT2D eigenvalue weighted by molar-refractivity contribution is -0.137. The number of halogens is 3. The summed E-state index contributed by atoms with van der Waals surface area (Å²) in [5, 5.41) is 10.1. The molecule has 4 rings (SSSR count). The van der Waals surface area contributed by atoms with E-state index in [1.165, 1.54) is 12.1 Å². The van der Waals surface area contributed by atoms with E-state index in [9.17, 15) is 18.0 Å². The van der Waals surface area contributed by atoms with Crippen LogP contribution in [0.1, 0.15) is 47.9 Å². The van der Waals surface area contributed by atoms with Gasteiger partial charge in [0.05, 0.1) is 5.56 Å². The van der Waals surface area contributed by atoms with Gasteiger partial charge in [-0.15, -0.1) is 0 Å². The first kappa shape index (κ1) is 21.8. The Balaban J connectivity index is 1.73. The van der Waals surface area contributed by atoms with Crippen LogP contribution in [0.2, 0.25) is 0 Å². The Hall–Kier alpha value is -3.41. The first-order valence-electron chi connectivity index (χ1n) is 10.5. The van der Waals surface area contributed by atoms with E-state index in [2.05, 4.69) is 13.0 Å². The highest BCUT2D eigenvalue weighted by Crippen LogP contribution is 2.36. The number of hydrogen-bond donors (Lipinski definition) is 1. The van der Waals surface area contributed by atoms with Crippen LogP contribution in [0, 0.1) is 5.41 Å². The van der Waals surface area contributed by atoms with Crippen molar-refractivity contribution in [2.75, 3.05) is 0 Å². The second-order valence-corrected chi connectivity index (χ2v) is 7.91. The maximum atomic E-state index is 13.1. The summed E-state index contributed by atoms with van der Waals surface area (Å²) in [6.45, 7) is 2.12. The van der Waals surface area contributed by atoms with Crippen LogP contribution in [0.25, 0.3) is 16.8 Å². The number of Topliss-reactive ketones (excluding diaryl/α,β-unsaturated/α-hetero) is 1. The number of hydrogen-bond acceptors (Lipinski definition) is 3. The fourth-order valence-electron chi connectivity index (χ4n) is 3.98. The Kier molecular flexibility index (Phi) is 5.87. The minimum atomic E-state index is -4.53. The third kappa shape index (κ3) is 4.31. The maximum Gasteiger partial charge on any atom is 0.416 e. The fourth-order valence-corrected chi connectivity index (χ4v) is 3.98. The fraction of sp³-hybridized carbons (Fsp3) is 0.231. The second-order valence-electron chi connectivity index (χ2n) is 7.91. The first-order chi connectivity index (χ1) is 15.3. The molecule has 1 aliphatic heterocycles. The molecule has 164 valence electrons. The molecule has 1 atom stereocenters. The van der Waals surface area contributed by atoms with Crippen molar-refractivity contribution in [3.05, 3.63) is 88.7 Å².